The van der Waals surface area contributed by atoms with Crippen LogP contribution >= 0.6 is 17.2 Å². The molecule has 9 aliphatic carbocycles. The highest BCUT2D eigenvalue weighted by Crippen LogP contribution is 2.72. The summed E-state index contributed by atoms with van der Waals surface area (Å²) in [5.41, 5.74) is 6.74. The van der Waals surface area contributed by atoms with Gasteiger partial charge in [-0.25, -0.2) is 0 Å². The second kappa shape index (κ2) is 12.1. The van der Waals surface area contributed by atoms with Gasteiger partial charge in [0.25, 0.3) is 0 Å². The van der Waals surface area contributed by atoms with Crippen molar-refractivity contribution < 1.29 is 0 Å². The van der Waals surface area contributed by atoms with Crippen molar-refractivity contribution in [3.63, 3.8) is 0 Å². The minimum atomic E-state index is -1.35. The predicted molar refractivity (Wildman–Crippen MR) is 200 cm³/mol. The smallest absolute Gasteiger partial charge is 0.0558 e. The molecule has 4 atom stereocenters. The maximum Gasteiger partial charge on any atom is 0.0558 e. The standard InChI is InChI=1S/C40H66N2P2Si/c1-45(2,3)36-20-33(37(21-36)40(43,34-6-4-8-41-22-34)35-7-5-9-42-23-35)24-44(38-29-12-25-10-26(14-29)15-30(38)13-25)39-31-16-27-11-28(18-31)19-32(39)17-27/h20-21,25-32,34-36,38-39,41-42H,4-19,22-24,43H2,1-3H3. The summed E-state index contributed by atoms with van der Waals surface area (Å²) in [5.74, 6) is 10.3. The van der Waals surface area contributed by atoms with Gasteiger partial charge >= 0.3 is 0 Å². The lowest BCUT2D eigenvalue weighted by Crippen LogP contribution is -2.53. The molecule has 2 aliphatic heterocycles. The summed E-state index contributed by atoms with van der Waals surface area (Å²) in [6.45, 7) is 12.9. The molecule has 0 aromatic rings. The Balaban J connectivity index is 1.11. The number of allylic oxidation sites excluding steroid dienone is 4. The molecule has 0 spiro atoms. The number of piperidine rings is 2. The minimum absolute atomic E-state index is 0.0308. The molecule has 2 nitrogen and oxygen atoms in total. The molecule has 11 rings (SSSR count). The molecule has 0 aromatic carbocycles. The van der Waals surface area contributed by atoms with Gasteiger partial charge in [0.05, 0.1) is 8.07 Å². The molecule has 0 amide bonds. The highest BCUT2D eigenvalue weighted by atomic mass is 31.1. The van der Waals surface area contributed by atoms with E-state index in [0.717, 1.165) is 76.0 Å². The Kier molecular flexibility index (Phi) is 8.43. The van der Waals surface area contributed by atoms with E-state index in [0.29, 0.717) is 0 Å². The lowest BCUT2D eigenvalue weighted by atomic mass is 9.55. The van der Waals surface area contributed by atoms with Crippen molar-refractivity contribution in [2.45, 2.75) is 132 Å². The monoisotopic (exact) mass is 664 g/mol. The molecule has 45 heavy (non-hydrogen) atoms. The Bertz CT molecular complexity index is 1060. The average Bonchev–Trinajstić information content (AvgIpc) is 3.46. The average molecular weight is 665 g/mol. The molecule has 4 unspecified atom stereocenters. The summed E-state index contributed by atoms with van der Waals surface area (Å²) >= 11 is 0. The fourth-order valence-electron chi connectivity index (χ4n) is 14.5. The second-order valence-electron chi connectivity index (χ2n) is 19.7. The van der Waals surface area contributed by atoms with Gasteiger partial charge < -0.3 is 10.6 Å². The van der Waals surface area contributed by atoms with Crippen LogP contribution in [0.1, 0.15) is 89.9 Å². The van der Waals surface area contributed by atoms with E-state index >= 15 is 0 Å². The van der Waals surface area contributed by atoms with Crippen LogP contribution < -0.4 is 10.6 Å². The van der Waals surface area contributed by atoms with E-state index in [-0.39, 0.29) is 13.1 Å². The van der Waals surface area contributed by atoms with Crippen LogP contribution in [0.3, 0.4) is 0 Å². The van der Waals surface area contributed by atoms with Gasteiger partial charge in [-0.1, -0.05) is 39.7 Å². The highest BCUT2D eigenvalue weighted by molar-refractivity contribution is 7.59. The summed E-state index contributed by atoms with van der Waals surface area (Å²) in [7, 11) is 2.37. The van der Waals surface area contributed by atoms with Crippen LogP contribution in [0, 0.1) is 59.2 Å². The molecule has 8 bridgehead atoms. The number of rotatable bonds is 8. The van der Waals surface area contributed by atoms with Crippen LogP contribution in [0.2, 0.25) is 25.2 Å². The van der Waals surface area contributed by atoms with Crippen molar-refractivity contribution >= 4 is 25.2 Å². The molecule has 2 N–H and O–H groups in total. The van der Waals surface area contributed by atoms with Crippen molar-refractivity contribution in [2.24, 2.45) is 59.2 Å². The Labute approximate surface area is 281 Å². The largest absolute Gasteiger partial charge is 0.316 e. The van der Waals surface area contributed by atoms with E-state index in [9.17, 15) is 0 Å². The molecular weight excluding hydrogens is 598 g/mol. The van der Waals surface area contributed by atoms with Crippen LogP contribution in [0.5, 0.6) is 0 Å². The van der Waals surface area contributed by atoms with Crippen LogP contribution in [-0.2, 0) is 0 Å². The van der Waals surface area contributed by atoms with Crippen molar-refractivity contribution in [3.8, 4) is 0 Å². The third-order valence-corrected chi connectivity index (χ3v) is 23.5. The maximum atomic E-state index is 3.91. The topological polar surface area (TPSA) is 24.1 Å². The van der Waals surface area contributed by atoms with Gasteiger partial charge in [-0.15, -0.1) is 9.24 Å². The van der Waals surface area contributed by atoms with Gasteiger partial charge in [0.15, 0.2) is 0 Å². The zero-order chi connectivity index (χ0) is 30.5. The van der Waals surface area contributed by atoms with E-state index in [1.54, 1.807) is 64.2 Å². The zero-order valence-corrected chi connectivity index (χ0v) is 32.2. The third kappa shape index (κ3) is 5.53. The fourth-order valence-corrected chi connectivity index (χ4v) is 21.3. The number of nitrogens with one attached hydrogen (secondary N) is 2. The van der Waals surface area contributed by atoms with Crippen molar-refractivity contribution in [1.29, 1.82) is 0 Å². The van der Waals surface area contributed by atoms with Crippen LogP contribution in [0.4, 0.5) is 0 Å². The van der Waals surface area contributed by atoms with Gasteiger partial charge in [0.2, 0.25) is 0 Å². The molecule has 11 aliphatic rings. The van der Waals surface area contributed by atoms with Gasteiger partial charge in [0, 0.05) is 5.16 Å². The van der Waals surface area contributed by atoms with Crippen molar-refractivity contribution in [1.82, 2.24) is 10.6 Å². The quantitative estimate of drug-likeness (QED) is 0.200. The summed E-state index contributed by atoms with van der Waals surface area (Å²) < 4.78 is 0. The predicted octanol–water partition coefficient (Wildman–Crippen LogP) is 9.31. The maximum absolute atomic E-state index is 3.91. The molecule has 2 saturated heterocycles. The van der Waals surface area contributed by atoms with E-state index < -0.39 is 8.07 Å². The summed E-state index contributed by atoms with van der Waals surface area (Å²) in [6, 6.07) is 0. The van der Waals surface area contributed by atoms with E-state index in [4.69, 9.17) is 0 Å². The summed E-state index contributed by atoms with van der Waals surface area (Å²) in [6.07, 6.45) is 29.2. The van der Waals surface area contributed by atoms with Crippen molar-refractivity contribution in [3.05, 3.63) is 23.3 Å². The molecule has 8 saturated carbocycles. The molecule has 0 aromatic heterocycles. The van der Waals surface area contributed by atoms with Gasteiger partial charge in [0.1, 0.15) is 0 Å². The Morgan fingerprint density at radius 3 is 1.51 bits per heavy atom. The molecule has 0 radical (unpaired) electrons. The first-order valence-electron chi connectivity index (χ1n) is 20.1. The van der Waals surface area contributed by atoms with Crippen LogP contribution in [-0.4, -0.2) is 56.9 Å². The Hall–Kier alpha value is 0.477. The van der Waals surface area contributed by atoms with Gasteiger partial charge in [-0.05, 0) is 209 Å². The molecule has 5 heteroatoms. The number of hydrogen-bond acceptors (Lipinski definition) is 2. The van der Waals surface area contributed by atoms with Crippen molar-refractivity contribution in [2.75, 3.05) is 32.3 Å². The molecular formula is C40H66N2P2Si. The second-order valence-corrected chi connectivity index (χ2v) is 28.6. The van der Waals surface area contributed by atoms with E-state index in [2.05, 4.69) is 51.7 Å². The summed E-state index contributed by atoms with van der Waals surface area (Å²) in [5, 5.41) is 8.04. The SMILES string of the molecule is C[Si](C)(C)C1C=C(CP(C2C3CC4CC(C3)CC2C4)C2C3CC4CC(C3)CC2C4)C(C(P)(C2CCCNC2)C2CCCNC2)=C1. The lowest BCUT2D eigenvalue weighted by Gasteiger charge is -2.62. The first-order chi connectivity index (χ1) is 21.7. The normalized spacial score (nSPS) is 49.1. The molecule has 2 heterocycles. The first-order valence-corrected chi connectivity index (χ1v) is 26.0. The van der Waals surface area contributed by atoms with Crippen LogP contribution in [0.15, 0.2) is 23.3 Å². The molecule has 10 fully saturated rings. The first kappa shape index (κ1) is 31.5. The van der Waals surface area contributed by atoms with E-state index in [1.807, 2.05) is 11.1 Å². The third-order valence-electron chi connectivity index (χ3n) is 16.0. The summed E-state index contributed by atoms with van der Waals surface area (Å²) in [4.78, 5) is 0. The highest BCUT2D eigenvalue weighted by Gasteiger charge is 2.58. The lowest BCUT2D eigenvalue weighted by molar-refractivity contribution is 0.0131. The minimum Gasteiger partial charge on any atom is -0.316 e. The molecule has 250 valence electrons. The van der Waals surface area contributed by atoms with Crippen LogP contribution in [0.25, 0.3) is 0 Å². The Morgan fingerprint density at radius 1 is 0.689 bits per heavy atom. The fraction of sp³-hybridized carbons (Fsp3) is 0.900. The van der Waals surface area contributed by atoms with Gasteiger partial charge in [-0.2, -0.15) is 0 Å². The Morgan fingerprint density at radius 2 is 1.13 bits per heavy atom. The number of hydrogen-bond donors (Lipinski definition) is 2. The van der Waals surface area contributed by atoms with E-state index in [1.165, 1.54) is 58.0 Å². The zero-order valence-electron chi connectivity index (χ0n) is 29.1. The van der Waals surface area contributed by atoms with Gasteiger partial charge in [-0.3, -0.25) is 0 Å².